The van der Waals surface area contributed by atoms with Crippen LogP contribution in [0.3, 0.4) is 0 Å². The molecule has 0 radical (unpaired) electrons. The van der Waals surface area contributed by atoms with Crippen LogP contribution in [-0.2, 0) is 6.54 Å². The van der Waals surface area contributed by atoms with Gasteiger partial charge in [0.2, 0.25) is 5.76 Å². The molecule has 0 saturated carbocycles. The van der Waals surface area contributed by atoms with Crippen molar-refractivity contribution in [3.63, 3.8) is 0 Å². The number of aromatic nitrogens is 2. The molecule has 0 aliphatic rings. The van der Waals surface area contributed by atoms with Gasteiger partial charge in [-0.15, -0.1) is 0 Å². The van der Waals surface area contributed by atoms with Crippen LogP contribution in [0, 0.1) is 13.8 Å². The number of rotatable bonds is 3. The number of aryl methyl sites for hydroxylation is 2. The second kappa shape index (κ2) is 4.52. The number of para-hydroxylation sites is 2. The molecule has 0 saturated heterocycles. The zero-order chi connectivity index (χ0) is 14.3. The lowest BCUT2D eigenvalue weighted by atomic mass is 10.2. The van der Waals surface area contributed by atoms with E-state index in [0.29, 0.717) is 17.9 Å². The lowest BCUT2D eigenvalue weighted by Crippen LogP contribution is -2.01. The zero-order valence-electron chi connectivity index (χ0n) is 11.3. The van der Waals surface area contributed by atoms with Gasteiger partial charge < -0.3 is 14.1 Å². The molecule has 0 spiro atoms. The molecule has 0 aliphatic heterocycles. The van der Waals surface area contributed by atoms with Crippen molar-refractivity contribution in [1.29, 1.82) is 0 Å². The van der Waals surface area contributed by atoms with Gasteiger partial charge in [-0.05, 0) is 32.0 Å². The number of benzene rings is 1. The Kier molecular flexibility index (Phi) is 2.82. The molecule has 5 heteroatoms. The maximum atomic E-state index is 11.0. The third kappa shape index (κ3) is 1.97. The Bertz CT molecular complexity index is 799. The summed E-state index contributed by atoms with van der Waals surface area (Å²) in [7, 11) is 0. The first kappa shape index (κ1) is 12.5. The lowest BCUT2D eigenvalue weighted by Gasteiger charge is -2.04. The summed E-state index contributed by atoms with van der Waals surface area (Å²) in [5, 5.41) is 9.02. The first-order valence-electron chi connectivity index (χ1n) is 6.30. The van der Waals surface area contributed by atoms with Gasteiger partial charge in [0, 0.05) is 5.56 Å². The number of hydrogen-bond acceptors (Lipinski definition) is 3. The maximum Gasteiger partial charge on any atom is 0.372 e. The van der Waals surface area contributed by atoms with E-state index < -0.39 is 5.97 Å². The van der Waals surface area contributed by atoms with Gasteiger partial charge in [0.15, 0.2) is 0 Å². The molecule has 0 bridgehead atoms. The van der Waals surface area contributed by atoms with Crippen molar-refractivity contribution in [1.82, 2.24) is 9.55 Å². The van der Waals surface area contributed by atoms with Crippen LogP contribution in [0.4, 0.5) is 0 Å². The van der Waals surface area contributed by atoms with Crippen LogP contribution in [0.5, 0.6) is 0 Å². The highest BCUT2D eigenvalue weighted by atomic mass is 16.4. The normalized spacial score (nSPS) is 11.1. The number of furan rings is 1. The fourth-order valence-electron chi connectivity index (χ4n) is 2.39. The fourth-order valence-corrected chi connectivity index (χ4v) is 2.39. The Morgan fingerprint density at radius 2 is 2.10 bits per heavy atom. The molecular formula is C15H14N2O3. The lowest BCUT2D eigenvalue weighted by molar-refractivity contribution is 0.0659. The van der Waals surface area contributed by atoms with E-state index in [1.807, 2.05) is 35.8 Å². The first-order valence-corrected chi connectivity index (χ1v) is 6.30. The topological polar surface area (TPSA) is 68.3 Å². The summed E-state index contributed by atoms with van der Waals surface area (Å²) in [5.74, 6) is 0.450. The summed E-state index contributed by atoms with van der Waals surface area (Å²) >= 11 is 0. The molecule has 3 rings (SSSR count). The van der Waals surface area contributed by atoms with Crippen LogP contribution in [0.1, 0.15) is 27.7 Å². The molecule has 102 valence electrons. The predicted octanol–water partition coefficient (Wildman–Crippen LogP) is 2.99. The van der Waals surface area contributed by atoms with Crippen molar-refractivity contribution in [3.05, 3.63) is 53.2 Å². The summed E-state index contributed by atoms with van der Waals surface area (Å²) in [6, 6.07) is 9.60. The predicted molar refractivity (Wildman–Crippen MR) is 74.0 cm³/mol. The highest BCUT2D eigenvalue weighted by molar-refractivity contribution is 5.86. The van der Waals surface area contributed by atoms with Gasteiger partial charge in [0.1, 0.15) is 11.6 Å². The van der Waals surface area contributed by atoms with Gasteiger partial charge >= 0.3 is 5.97 Å². The number of imidazole rings is 1. The molecular weight excluding hydrogens is 256 g/mol. The van der Waals surface area contributed by atoms with E-state index in [4.69, 9.17) is 9.52 Å². The van der Waals surface area contributed by atoms with Crippen molar-refractivity contribution in [2.45, 2.75) is 20.4 Å². The van der Waals surface area contributed by atoms with E-state index in [1.54, 1.807) is 13.0 Å². The third-order valence-electron chi connectivity index (χ3n) is 3.32. The number of nitrogens with zero attached hydrogens (tertiary/aromatic N) is 2. The number of carboxylic acids is 1. The first-order chi connectivity index (χ1) is 9.56. The van der Waals surface area contributed by atoms with Crippen molar-refractivity contribution in [2.75, 3.05) is 0 Å². The molecule has 5 nitrogen and oxygen atoms in total. The Morgan fingerprint density at radius 1 is 1.35 bits per heavy atom. The van der Waals surface area contributed by atoms with Crippen LogP contribution in [-0.4, -0.2) is 20.6 Å². The SMILES string of the molecule is Cc1cc(Cn2c(C)nc3ccccc32)oc1C(=O)O. The number of fused-ring (bicyclic) bond motifs is 1. The molecule has 1 aromatic carbocycles. The average Bonchev–Trinajstić information content (AvgIpc) is 2.92. The van der Waals surface area contributed by atoms with E-state index >= 15 is 0 Å². The molecule has 1 N–H and O–H groups in total. The minimum absolute atomic E-state index is 0.00192. The summed E-state index contributed by atoms with van der Waals surface area (Å²) in [6.45, 7) is 4.13. The van der Waals surface area contributed by atoms with E-state index in [1.165, 1.54) is 0 Å². The van der Waals surface area contributed by atoms with Gasteiger partial charge in [0.05, 0.1) is 17.6 Å². The van der Waals surface area contributed by atoms with Gasteiger partial charge in [0.25, 0.3) is 0 Å². The summed E-state index contributed by atoms with van der Waals surface area (Å²) in [5.41, 5.74) is 2.57. The molecule has 0 aliphatic carbocycles. The Morgan fingerprint density at radius 3 is 2.80 bits per heavy atom. The summed E-state index contributed by atoms with van der Waals surface area (Å²) < 4.78 is 7.42. The van der Waals surface area contributed by atoms with E-state index in [-0.39, 0.29) is 5.76 Å². The molecule has 20 heavy (non-hydrogen) atoms. The molecule has 2 heterocycles. The van der Waals surface area contributed by atoms with Crippen molar-refractivity contribution >= 4 is 17.0 Å². The van der Waals surface area contributed by atoms with Crippen molar-refractivity contribution in [3.8, 4) is 0 Å². The second-order valence-corrected chi connectivity index (χ2v) is 4.76. The van der Waals surface area contributed by atoms with Crippen LogP contribution in [0.15, 0.2) is 34.7 Å². The molecule has 0 fully saturated rings. The van der Waals surface area contributed by atoms with Gasteiger partial charge in [-0.25, -0.2) is 9.78 Å². The van der Waals surface area contributed by atoms with E-state index in [9.17, 15) is 4.79 Å². The quantitative estimate of drug-likeness (QED) is 0.794. The van der Waals surface area contributed by atoms with Gasteiger partial charge in [-0.1, -0.05) is 12.1 Å². The third-order valence-corrected chi connectivity index (χ3v) is 3.32. The fraction of sp³-hybridized carbons (Fsp3) is 0.200. The number of carbonyl (C=O) groups is 1. The standard InChI is InChI=1S/C15H14N2O3/c1-9-7-11(20-14(9)15(18)19)8-17-10(2)16-12-5-3-4-6-13(12)17/h3-7H,8H2,1-2H3,(H,18,19). The smallest absolute Gasteiger partial charge is 0.372 e. The minimum atomic E-state index is -1.04. The van der Waals surface area contributed by atoms with Gasteiger partial charge in [-0.2, -0.15) is 0 Å². The van der Waals surface area contributed by atoms with Crippen molar-refractivity contribution < 1.29 is 14.3 Å². The monoisotopic (exact) mass is 270 g/mol. The minimum Gasteiger partial charge on any atom is -0.475 e. The second-order valence-electron chi connectivity index (χ2n) is 4.76. The largest absolute Gasteiger partial charge is 0.475 e. The highest BCUT2D eigenvalue weighted by Gasteiger charge is 2.16. The summed E-state index contributed by atoms with van der Waals surface area (Å²) in [4.78, 5) is 15.5. The van der Waals surface area contributed by atoms with Crippen LogP contribution >= 0.6 is 0 Å². The van der Waals surface area contributed by atoms with E-state index in [0.717, 1.165) is 16.9 Å². The van der Waals surface area contributed by atoms with Crippen LogP contribution in [0.2, 0.25) is 0 Å². The maximum absolute atomic E-state index is 11.0. The van der Waals surface area contributed by atoms with Crippen molar-refractivity contribution in [2.24, 2.45) is 0 Å². The zero-order valence-corrected chi connectivity index (χ0v) is 11.3. The number of carboxylic acid groups (broad SMARTS) is 1. The summed E-state index contributed by atoms with van der Waals surface area (Å²) in [6.07, 6.45) is 0. The molecule has 0 atom stereocenters. The molecule has 3 aromatic rings. The Balaban J connectivity index is 2.03. The molecule has 0 unspecified atom stereocenters. The van der Waals surface area contributed by atoms with Gasteiger partial charge in [-0.3, -0.25) is 0 Å². The van der Waals surface area contributed by atoms with E-state index in [2.05, 4.69) is 4.98 Å². The van der Waals surface area contributed by atoms with Crippen LogP contribution < -0.4 is 0 Å². The molecule has 2 aromatic heterocycles. The molecule has 0 amide bonds. The Hall–Kier alpha value is -2.56. The number of aromatic carboxylic acids is 1. The Labute approximate surface area is 115 Å². The van der Waals surface area contributed by atoms with Crippen LogP contribution in [0.25, 0.3) is 11.0 Å². The highest BCUT2D eigenvalue weighted by Crippen LogP contribution is 2.20. The number of hydrogen-bond donors (Lipinski definition) is 1. The average molecular weight is 270 g/mol.